The normalized spacial score (nSPS) is 15.8. The van der Waals surface area contributed by atoms with Crippen molar-refractivity contribution in [2.45, 2.75) is 54.9 Å². The van der Waals surface area contributed by atoms with E-state index >= 15 is 0 Å². The standard InChI is InChI=1S/C28H28F3NO5S2/c1-27(2,3)37-26(33)15-19-12-13-25-24(14-19)32(17-21(36-25)18-38-22-9-5-4-6-10-22)39(34,35)23-11-7-8-20(16-23)28(29,30)31/h4-14,16,21H,15,17-18H2,1-3H3/t21-/m1/s1. The zero-order valence-corrected chi connectivity index (χ0v) is 23.2. The molecule has 0 aromatic heterocycles. The van der Waals surface area contributed by atoms with Gasteiger partial charge >= 0.3 is 12.1 Å². The minimum Gasteiger partial charge on any atom is -0.485 e. The third-order valence-electron chi connectivity index (χ3n) is 5.65. The van der Waals surface area contributed by atoms with E-state index in [0.717, 1.165) is 27.4 Å². The van der Waals surface area contributed by atoms with Crippen LogP contribution in [0.3, 0.4) is 0 Å². The van der Waals surface area contributed by atoms with E-state index in [9.17, 15) is 26.4 Å². The predicted molar refractivity (Wildman–Crippen MR) is 144 cm³/mol. The van der Waals surface area contributed by atoms with E-state index in [4.69, 9.17) is 9.47 Å². The molecule has 3 aromatic rings. The molecule has 3 aromatic carbocycles. The van der Waals surface area contributed by atoms with Gasteiger partial charge in [-0.25, -0.2) is 8.42 Å². The molecule has 6 nitrogen and oxygen atoms in total. The number of sulfonamides is 1. The molecule has 208 valence electrons. The number of carbonyl (C=O) groups is 1. The van der Waals surface area contributed by atoms with Crippen LogP contribution in [0.15, 0.2) is 82.6 Å². The van der Waals surface area contributed by atoms with E-state index in [1.807, 2.05) is 30.3 Å². The molecule has 0 N–H and O–H groups in total. The Labute approximate surface area is 230 Å². The summed E-state index contributed by atoms with van der Waals surface area (Å²) >= 11 is 1.48. The largest absolute Gasteiger partial charge is 0.485 e. The molecule has 4 rings (SSSR count). The third kappa shape index (κ3) is 7.27. The van der Waals surface area contributed by atoms with Crippen LogP contribution in [-0.4, -0.2) is 38.4 Å². The summed E-state index contributed by atoms with van der Waals surface area (Å²) in [6, 6.07) is 17.9. The van der Waals surface area contributed by atoms with Crippen LogP contribution in [0.5, 0.6) is 5.75 Å². The Balaban J connectivity index is 1.69. The van der Waals surface area contributed by atoms with Crippen molar-refractivity contribution in [2.24, 2.45) is 0 Å². The minimum absolute atomic E-state index is 0.116. The van der Waals surface area contributed by atoms with Crippen molar-refractivity contribution in [3.05, 3.63) is 83.9 Å². The Kier molecular flexibility index (Phi) is 8.22. The van der Waals surface area contributed by atoms with Crippen LogP contribution < -0.4 is 9.04 Å². The molecule has 39 heavy (non-hydrogen) atoms. The van der Waals surface area contributed by atoms with Gasteiger partial charge in [0.05, 0.1) is 29.1 Å². The monoisotopic (exact) mass is 579 g/mol. The highest BCUT2D eigenvalue weighted by Gasteiger charge is 2.37. The molecule has 1 aliphatic rings. The first kappa shape index (κ1) is 28.8. The third-order valence-corrected chi connectivity index (χ3v) is 8.57. The molecular formula is C28H28F3NO5S2. The molecule has 11 heteroatoms. The van der Waals surface area contributed by atoms with Crippen molar-refractivity contribution in [3.63, 3.8) is 0 Å². The topological polar surface area (TPSA) is 72.9 Å². The highest BCUT2D eigenvalue weighted by Crippen LogP contribution is 2.40. The lowest BCUT2D eigenvalue weighted by Gasteiger charge is -2.36. The van der Waals surface area contributed by atoms with Crippen LogP contribution in [0, 0.1) is 0 Å². The first-order valence-electron chi connectivity index (χ1n) is 12.1. The number of nitrogens with zero attached hydrogens (tertiary/aromatic N) is 1. The molecule has 0 radical (unpaired) electrons. The molecule has 0 amide bonds. The Morgan fingerprint density at radius 1 is 1.03 bits per heavy atom. The molecule has 0 saturated carbocycles. The number of thioether (sulfide) groups is 1. The predicted octanol–water partition coefficient (Wildman–Crippen LogP) is 6.34. The summed E-state index contributed by atoms with van der Waals surface area (Å²) in [6.45, 7) is 5.09. The quantitative estimate of drug-likeness (QED) is 0.240. The number of rotatable bonds is 7. The maximum Gasteiger partial charge on any atom is 0.416 e. The lowest BCUT2D eigenvalue weighted by molar-refractivity contribution is -0.153. The number of ether oxygens (including phenoxy) is 2. The van der Waals surface area contributed by atoms with Gasteiger partial charge in [-0.1, -0.05) is 30.3 Å². The summed E-state index contributed by atoms with van der Waals surface area (Å²) < 4.78 is 80.2. The van der Waals surface area contributed by atoms with E-state index in [0.29, 0.717) is 17.4 Å². The Morgan fingerprint density at radius 2 is 1.74 bits per heavy atom. The maximum atomic E-state index is 13.8. The molecular weight excluding hydrogens is 551 g/mol. The van der Waals surface area contributed by atoms with Gasteiger partial charge in [0.1, 0.15) is 17.5 Å². The van der Waals surface area contributed by atoms with Crippen LogP contribution in [0.1, 0.15) is 31.9 Å². The van der Waals surface area contributed by atoms with Gasteiger partial charge in [0.25, 0.3) is 10.0 Å². The fourth-order valence-corrected chi connectivity index (χ4v) is 6.44. The van der Waals surface area contributed by atoms with Crippen molar-refractivity contribution in [3.8, 4) is 5.75 Å². The molecule has 0 aliphatic carbocycles. The number of fused-ring (bicyclic) bond motifs is 1. The molecule has 0 fully saturated rings. The number of anilines is 1. The van der Waals surface area contributed by atoms with E-state index in [-0.39, 0.29) is 24.4 Å². The molecule has 0 saturated heterocycles. The van der Waals surface area contributed by atoms with Crippen LogP contribution in [0.4, 0.5) is 18.9 Å². The van der Waals surface area contributed by atoms with Crippen molar-refractivity contribution in [1.29, 1.82) is 0 Å². The summed E-state index contributed by atoms with van der Waals surface area (Å²) in [5.41, 5.74) is -1.13. The van der Waals surface area contributed by atoms with Crippen LogP contribution >= 0.6 is 11.8 Å². The fraction of sp³-hybridized carbons (Fsp3) is 0.321. The number of hydrogen-bond donors (Lipinski definition) is 0. The van der Waals surface area contributed by atoms with Crippen molar-refractivity contribution in [2.75, 3.05) is 16.6 Å². The molecule has 1 heterocycles. The lowest BCUT2D eigenvalue weighted by Crippen LogP contribution is -2.44. The highest BCUT2D eigenvalue weighted by molar-refractivity contribution is 7.99. The van der Waals surface area contributed by atoms with E-state index in [1.54, 1.807) is 32.9 Å². The summed E-state index contributed by atoms with van der Waals surface area (Å²) in [5.74, 6) is 0.157. The molecule has 1 aliphatic heterocycles. The summed E-state index contributed by atoms with van der Waals surface area (Å²) in [7, 11) is -4.42. The second kappa shape index (κ2) is 11.1. The fourth-order valence-electron chi connectivity index (χ4n) is 3.99. The van der Waals surface area contributed by atoms with Crippen molar-refractivity contribution in [1.82, 2.24) is 0 Å². The van der Waals surface area contributed by atoms with Gasteiger partial charge in [-0.15, -0.1) is 11.8 Å². The van der Waals surface area contributed by atoms with E-state index < -0.39 is 44.3 Å². The molecule has 0 spiro atoms. The number of alkyl halides is 3. The first-order chi connectivity index (χ1) is 18.2. The molecule has 0 bridgehead atoms. The molecule has 0 unspecified atom stereocenters. The number of esters is 1. The number of halogens is 3. The van der Waals surface area contributed by atoms with E-state index in [2.05, 4.69) is 0 Å². The van der Waals surface area contributed by atoms with Crippen LogP contribution in [0.25, 0.3) is 0 Å². The van der Waals surface area contributed by atoms with Crippen molar-refractivity contribution < 1.29 is 35.9 Å². The van der Waals surface area contributed by atoms with Crippen LogP contribution in [-0.2, 0) is 32.2 Å². The first-order valence-corrected chi connectivity index (χ1v) is 14.5. The maximum absolute atomic E-state index is 13.8. The Hall–Kier alpha value is -3.18. The summed E-state index contributed by atoms with van der Waals surface area (Å²) in [4.78, 5) is 12.9. The van der Waals surface area contributed by atoms with Gasteiger partial charge in [-0.3, -0.25) is 9.10 Å². The second-order valence-electron chi connectivity index (χ2n) is 9.99. The Morgan fingerprint density at radius 3 is 2.41 bits per heavy atom. The van der Waals surface area contributed by atoms with Gasteiger partial charge in [0.2, 0.25) is 0 Å². The lowest BCUT2D eigenvalue weighted by atomic mass is 10.1. The number of hydrogen-bond acceptors (Lipinski definition) is 6. The second-order valence-corrected chi connectivity index (χ2v) is 12.9. The highest BCUT2D eigenvalue weighted by atomic mass is 32.2. The zero-order chi connectivity index (χ0) is 28.4. The van der Waals surface area contributed by atoms with Crippen LogP contribution in [0.2, 0.25) is 0 Å². The number of carbonyl (C=O) groups excluding carboxylic acids is 1. The number of benzene rings is 3. The average Bonchev–Trinajstić information content (AvgIpc) is 2.86. The molecule has 1 atom stereocenters. The Bertz CT molecular complexity index is 1440. The van der Waals surface area contributed by atoms with Gasteiger partial charge in [0, 0.05) is 10.6 Å². The smallest absolute Gasteiger partial charge is 0.416 e. The van der Waals surface area contributed by atoms with Gasteiger partial charge in [0.15, 0.2) is 0 Å². The van der Waals surface area contributed by atoms with E-state index in [1.165, 1.54) is 17.8 Å². The SMILES string of the molecule is CC(C)(C)OC(=O)Cc1ccc2c(c1)N(S(=O)(=O)c1cccc(C(F)(F)F)c1)C[C@H](CSc1ccccc1)O2. The average molecular weight is 580 g/mol. The van der Waals surface area contributed by atoms with Crippen molar-refractivity contribution >= 4 is 33.4 Å². The van der Waals surface area contributed by atoms with Gasteiger partial charge in [-0.2, -0.15) is 13.2 Å². The summed E-state index contributed by atoms with van der Waals surface area (Å²) in [5, 5.41) is 0. The van der Waals surface area contributed by atoms with Gasteiger partial charge < -0.3 is 9.47 Å². The zero-order valence-electron chi connectivity index (χ0n) is 21.6. The van der Waals surface area contributed by atoms with Gasteiger partial charge in [-0.05, 0) is 68.8 Å². The minimum atomic E-state index is -4.70. The summed E-state index contributed by atoms with van der Waals surface area (Å²) in [6.07, 6.45) is -5.40.